The lowest BCUT2D eigenvalue weighted by Gasteiger charge is -2.71. The van der Waals surface area contributed by atoms with E-state index in [0.717, 1.165) is 0 Å². The zero-order chi connectivity index (χ0) is 34.1. The van der Waals surface area contributed by atoms with E-state index < -0.39 is 65.9 Å². The van der Waals surface area contributed by atoms with Crippen LogP contribution in [0, 0.1) is 0 Å². The molecule has 248 valence electrons. The highest BCUT2D eigenvalue weighted by molar-refractivity contribution is 5.44. The quantitative estimate of drug-likeness (QED) is 0.115. The molecule has 5 aromatic carbocycles. The largest absolute Gasteiger partial charge is 0.383 e. The van der Waals surface area contributed by atoms with Crippen LogP contribution in [-0.2, 0) is 32.1 Å². The Labute approximate surface area is 280 Å². The third kappa shape index (κ3) is 5.29. The first-order valence-electron chi connectivity index (χ1n) is 16.2. The molecule has 0 aromatic heterocycles. The first-order chi connectivity index (χ1) is 22.9. The van der Waals surface area contributed by atoms with Gasteiger partial charge in [0.1, 0.15) is 16.8 Å². The van der Waals surface area contributed by atoms with Crippen molar-refractivity contribution >= 4 is 0 Å². The summed E-state index contributed by atoms with van der Waals surface area (Å²) in [6, 6.07) is 42.7. The van der Waals surface area contributed by atoms with E-state index in [4.69, 9.17) is 0 Å². The summed E-state index contributed by atoms with van der Waals surface area (Å²) in [5.41, 5.74) is -12.6. The molecule has 6 rings (SSSR count). The molecule has 0 saturated heterocycles. The number of hydrogen-bond acceptors (Lipinski definition) is 7. The molecule has 7 nitrogen and oxygen atoms in total. The van der Waals surface area contributed by atoms with Crippen LogP contribution >= 0.6 is 0 Å². The van der Waals surface area contributed by atoms with Crippen molar-refractivity contribution < 1.29 is 35.7 Å². The van der Waals surface area contributed by atoms with E-state index in [-0.39, 0.29) is 0 Å². The normalized spacial score (nSPS) is 29.7. The van der Waals surface area contributed by atoms with Gasteiger partial charge in [-0.2, -0.15) is 0 Å². The Morgan fingerprint density at radius 3 is 0.625 bits per heavy atom. The molecule has 1 fully saturated rings. The molecule has 7 N–H and O–H groups in total. The molecule has 1 aliphatic rings. The maximum absolute atomic E-state index is 13.5. The van der Waals surface area contributed by atoms with Gasteiger partial charge in [0.25, 0.3) is 0 Å². The minimum atomic E-state index is -3.62. The molecular weight excluding hydrogens is 604 g/mol. The Morgan fingerprint density at radius 2 is 0.417 bits per heavy atom. The summed E-state index contributed by atoms with van der Waals surface area (Å²) in [7, 11) is 0. The van der Waals surface area contributed by atoms with Crippen LogP contribution in [0.25, 0.3) is 0 Å². The van der Waals surface area contributed by atoms with Gasteiger partial charge in [-0.05, 0) is 27.8 Å². The van der Waals surface area contributed by atoms with Gasteiger partial charge in [-0.15, -0.1) is 0 Å². The van der Waals surface area contributed by atoms with E-state index in [1.54, 1.807) is 152 Å². The van der Waals surface area contributed by atoms with Crippen molar-refractivity contribution in [3.63, 3.8) is 0 Å². The molecular formula is C41H42O7. The summed E-state index contributed by atoms with van der Waals surface area (Å²) < 4.78 is 0. The van der Waals surface area contributed by atoms with Crippen molar-refractivity contribution in [3.8, 4) is 0 Å². The van der Waals surface area contributed by atoms with Gasteiger partial charge in [-0.3, -0.25) is 0 Å². The first-order valence-corrected chi connectivity index (χ1v) is 16.2. The van der Waals surface area contributed by atoms with E-state index in [9.17, 15) is 35.7 Å². The predicted octanol–water partition coefficient (Wildman–Crippen LogP) is 3.55. The second kappa shape index (κ2) is 12.7. The van der Waals surface area contributed by atoms with Gasteiger partial charge in [0.15, 0.2) is 11.2 Å². The van der Waals surface area contributed by atoms with Crippen LogP contribution in [0.4, 0.5) is 0 Å². The molecule has 0 bridgehead atoms. The summed E-state index contributed by atoms with van der Waals surface area (Å²) in [4.78, 5) is 0. The van der Waals surface area contributed by atoms with Gasteiger partial charge >= 0.3 is 0 Å². The lowest BCUT2D eigenvalue weighted by atomic mass is 9.43. The summed E-state index contributed by atoms with van der Waals surface area (Å²) in [6.07, 6.45) is -2.69. The first kappa shape index (κ1) is 33.7. The molecule has 0 aliphatic heterocycles. The van der Waals surface area contributed by atoms with Crippen LogP contribution in [-0.4, -0.2) is 69.5 Å². The molecule has 1 saturated carbocycles. The third-order valence-corrected chi connectivity index (χ3v) is 10.4. The Kier molecular flexibility index (Phi) is 8.91. The van der Waals surface area contributed by atoms with Crippen LogP contribution in [0.5, 0.6) is 0 Å². The molecule has 48 heavy (non-hydrogen) atoms. The Morgan fingerprint density at radius 1 is 0.250 bits per heavy atom. The molecule has 1 unspecified atom stereocenters. The molecule has 0 heterocycles. The van der Waals surface area contributed by atoms with E-state index in [1.807, 2.05) is 0 Å². The smallest absolute Gasteiger partial charge is 0.229 e. The Hall–Kier alpha value is -4.18. The van der Waals surface area contributed by atoms with E-state index in [1.165, 1.54) is 0 Å². The fraction of sp³-hybridized carbons (Fsp3) is 0.268. The van der Waals surface area contributed by atoms with Gasteiger partial charge in [-0.1, -0.05) is 152 Å². The Balaban J connectivity index is 1.71. The van der Waals surface area contributed by atoms with Gasteiger partial charge < -0.3 is 35.7 Å². The lowest BCUT2D eigenvalue weighted by Crippen LogP contribution is -2.97. The second-order valence-electron chi connectivity index (χ2n) is 13.3. The van der Waals surface area contributed by atoms with Gasteiger partial charge in [-0.25, -0.2) is 0 Å². The molecule has 5 atom stereocenters. The number of aliphatic hydroxyl groups is 7. The van der Waals surface area contributed by atoms with Gasteiger partial charge in [0.2, 0.25) is 5.79 Å². The van der Waals surface area contributed by atoms with Crippen LogP contribution in [0.2, 0.25) is 0 Å². The number of rotatable bonds is 10. The van der Waals surface area contributed by atoms with Gasteiger partial charge in [0.05, 0.1) is 0 Å². The highest BCUT2D eigenvalue weighted by atomic mass is 16.6. The maximum atomic E-state index is 13.5. The number of hydrogen-bond donors (Lipinski definition) is 7. The summed E-state index contributed by atoms with van der Waals surface area (Å²) in [5.74, 6) is -3.62. The highest BCUT2D eigenvalue weighted by Crippen LogP contribution is 2.62. The van der Waals surface area contributed by atoms with E-state index in [0.29, 0.717) is 27.8 Å². The van der Waals surface area contributed by atoms with Crippen molar-refractivity contribution in [2.45, 2.75) is 65.9 Å². The lowest BCUT2D eigenvalue weighted by molar-refractivity contribution is -0.483. The summed E-state index contributed by atoms with van der Waals surface area (Å²) >= 11 is 0. The van der Waals surface area contributed by atoms with Gasteiger partial charge in [0, 0.05) is 32.1 Å². The van der Waals surface area contributed by atoms with E-state index in [2.05, 4.69) is 0 Å². The summed E-state index contributed by atoms with van der Waals surface area (Å²) in [5, 5.41) is 91.5. The molecule has 0 radical (unpaired) electrons. The van der Waals surface area contributed by atoms with Crippen molar-refractivity contribution in [1.82, 2.24) is 0 Å². The maximum Gasteiger partial charge on any atom is 0.229 e. The fourth-order valence-electron chi connectivity index (χ4n) is 7.82. The summed E-state index contributed by atoms with van der Waals surface area (Å²) in [6.45, 7) is 0. The van der Waals surface area contributed by atoms with Crippen molar-refractivity contribution in [1.29, 1.82) is 0 Å². The predicted molar refractivity (Wildman–Crippen MR) is 183 cm³/mol. The third-order valence-electron chi connectivity index (χ3n) is 10.4. The minimum absolute atomic E-state index is 0.400. The van der Waals surface area contributed by atoms with E-state index >= 15 is 0 Å². The Bertz CT molecular complexity index is 1680. The van der Waals surface area contributed by atoms with Crippen molar-refractivity contribution in [2.24, 2.45) is 0 Å². The fourth-order valence-corrected chi connectivity index (χ4v) is 7.82. The highest BCUT2D eigenvalue weighted by Gasteiger charge is 2.87. The molecule has 7 heteroatoms. The van der Waals surface area contributed by atoms with Crippen LogP contribution in [0.1, 0.15) is 27.8 Å². The molecule has 0 amide bonds. The van der Waals surface area contributed by atoms with Crippen LogP contribution in [0.3, 0.4) is 0 Å². The second-order valence-corrected chi connectivity index (χ2v) is 13.3. The standard InChI is InChI=1S/C41H42O7/c42-36(26-31-16-6-1-7-17-31)37(43,27-32-18-8-2-9-19-32)39(45,29-34-22-12-4-13-23-34)41(47,48)40(46,30-35-24-14-5-15-25-35)38(36,44)28-33-20-10-3-11-21-33/h1-25,42-48H,26-30H2/t36?,37-,38+,39-,40-/m0/s1. The topological polar surface area (TPSA) is 142 Å². The average Bonchev–Trinajstić information content (AvgIpc) is 3.09. The molecule has 5 aromatic rings. The molecule has 0 spiro atoms. The number of benzene rings is 5. The monoisotopic (exact) mass is 646 g/mol. The zero-order valence-corrected chi connectivity index (χ0v) is 26.6. The van der Waals surface area contributed by atoms with Crippen LogP contribution < -0.4 is 0 Å². The zero-order valence-electron chi connectivity index (χ0n) is 26.6. The van der Waals surface area contributed by atoms with Crippen molar-refractivity contribution in [3.05, 3.63) is 179 Å². The average molecular weight is 647 g/mol. The minimum Gasteiger partial charge on any atom is -0.383 e. The van der Waals surface area contributed by atoms with Crippen LogP contribution in [0.15, 0.2) is 152 Å². The SMILES string of the molecule is OC1(O)[C@](O)(Cc2ccccc2)[C@@](O)(Cc2ccccc2)C(O)(Cc2ccccc2)[C@@](O)(Cc2ccccc2)[C@@]1(O)Cc1ccccc1. The molecule has 1 aliphatic carbocycles. The van der Waals surface area contributed by atoms with Crippen molar-refractivity contribution in [2.75, 3.05) is 0 Å².